The molecule has 142 valence electrons. The standard InChI is InChI=1S/C18H18N2O6S/c1-13(21)15-4-2-3-5-16(15)25-9-10-26-18(22)14-6-7-17-19-27(23,24)11-8-20(17)12-14/h2-7,12H,8-11H2,1H3. The molecule has 3 rings (SSSR count). The number of ketones is 1. The molecule has 1 aromatic rings. The summed E-state index contributed by atoms with van der Waals surface area (Å²) < 4.78 is 37.3. The van der Waals surface area contributed by atoms with Gasteiger partial charge in [-0.3, -0.25) is 4.79 Å². The van der Waals surface area contributed by atoms with Crippen LogP contribution in [0.25, 0.3) is 0 Å². The van der Waals surface area contributed by atoms with Crippen molar-refractivity contribution < 1.29 is 27.5 Å². The van der Waals surface area contributed by atoms with Gasteiger partial charge in [0.15, 0.2) is 5.78 Å². The van der Waals surface area contributed by atoms with E-state index in [0.29, 0.717) is 11.3 Å². The van der Waals surface area contributed by atoms with Crippen LogP contribution in [0.1, 0.15) is 17.3 Å². The van der Waals surface area contributed by atoms with E-state index < -0.39 is 16.0 Å². The molecule has 0 unspecified atom stereocenters. The zero-order chi connectivity index (χ0) is 19.4. The summed E-state index contributed by atoms with van der Waals surface area (Å²) in [5.41, 5.74) is 0.756. The smallest absolute Gasteiger partial charge is 0.339 e. The summed E-state index contributed by atoms with van der Waals surface area (Å²) in [7, 11) is -3.44. The van der Waals surface area contributed by atoms with Crippen LogP contribution < -0.4 is 4.74 Å². The van der Waals surface area contributed by atoms with Crippen LogP contribution in [-0.4, -0.2) is 56.4 Å². The van der Waals surface area contributed by atoms with Crippen molar-refractivity contribution in [2.24, 2.45) is 4.40 Å². The maximum atomic E-state index is 12.2. The quantitative estimate of drug-likeness (QED) is 0.410. The van der Waals surface area contributed by atoms with Gasteiger partial charge in [-0.1, -0.05) is 12.1 Å². The number of carbonyl (C=O) groups is 2. The number of sulfonamides is 1. The number of hydrogen-bond donors (Lipinski definition) is 0. The Balaban J connectivity index is 1.53. The van der Waals surface area contributed by atoms with Crippen molar-refractivity contribution in [1.29, 1.82) is 0 Å². The second kappa shape index (κ2) is 7.75. The number of Topliss-reactive ketones (excluding diaryl/α,β-unsaturated/α-hetero) is 1. The summed E-state index contributed by atoms with van der Waals surface area (Å²) in [6.45, 7) is 1.79. The number of esters is 1. The number of para-hydroxylation sites is 1. The van der Waals surface area contributed by atoms with Crippen LogP contribution in [0.15, 0.2) is 52.6 Å². The maximum absolute atomic E-state index is 12.2. The van der Waals surface area contributed by atoms with E-state index >= 15 is 0 Å². The lowest BCUT2D eigenvalue weighted by Gasteiger charge is -2.26. The average Bonchev–Trinajstić information content (AvgIpc) is 2.64. The Hall–Kier alpha value is -2.94. The molecule has 0 fully saturated rings. The van der Waals surface area contributed by atoms with Crippen LogP contribution in [0.2, 0.25) is 0 Å². The van der Waals surface area contributed by atoms with Crippen molar-refractivity contribution in [3.8, 4) is 5.75 Å². The molecule has 0 bridgehead atoms. The van der Waals surface area contributed by atoms with E-state index in [1.165, 1.54) is 25.3 Å². The molecule has 27 heavy (non-hydrogen) atoms. The lowest BCUT2D eigenvalue weighted by molar-refractivity contribution is -0.139. The molecule has 2 aliphatic heterocycles. The second-order valence-corrected chi connectivity index (χ2v) is 7.64. The monoisotopic (exact) mass is 390 g/mol. The Morgan fingerprint density at radius 1 is 1.19 bits per heavy atom. The van der Waals surface area contributed by atoms with E-state index in [-0.39, 0.29) is 42.7 Å². The predicted octanol–water partition coefficient (Wildman–Crippen LogP) is 1.31. The normalized spacial score (nSPS) is 17.4. The fourth-order valence-corrected chi connectivity index (χ4v) is 3.54. The van der Waals surface area contributed by atoms with Crippen molar-refractivity contribution in [2.45, 2.75) is 6.92 Å². The van der Waals surface area contributed by atoms with Gasteiger partial charge in [-0.25, -0.2) is 13.2 Å². The second-order valence-electron chi connectivity index (χ2n) is 5.88. The fourth-order valence-electron chi connectivity index (χ4n) is 2.57. The number of hydrogen-bond acceptors (Lipinski definition) is 7. The van der Waals surface area contributed by atoms with Crippen molar-refractivity contribution in [2.75, 3.05) is 25.5 Å². The lowest BCUT2D eigenvalue weighted by atomic mass is 10.1. The van der Waals surface area contributed by atoms with Gasteiger partial charge in [-0.15, -0.1) is 4.40 Å². The third kappa shape index (κ3) is 4.62. The first kappa shape index (κ1) is 18.8. The van der Waals surface area contributed by atoms with Crippen LogP contribution in [0.3, 0.4) is 0 Å². The Morgan fingerprint density at radius 2 is 1.96 bits per heavy atom. The lowest BCUT2D eigenvalue weighted by Crippen LogP contribution is -2.37. The molecule has 0 saturated heterocycles. The summed E-state index contributed by atoms with van der Waals surface area (Å²) in [6.07, 6.45) is 4.44. The van der Waals surface area contributed by atoms with Gasteiger partial charge in [0.1, 0.15) is 24.8 Å². The molecule has 0 saturated carbocycles. The molecule has 1 aromatic carbocycles. The highest BCUT2D eigenvalue weighted by molar-refractivity contribution is 7.90. The highest BCUT2D eigenvalue weighted by Crippen LogP contribution is 2.19. The zero-order valence-electron chi connectivity index (χ0n) is 14.6. The first-order valence-corrected chi connectivity index (χ1v) is 9.86. The summed E-state index contributed by atoms with van der Waals surface area (Å²) in [4.78, 5) is 25.3. The van der Waals surface area contributed by atoms with E-state index in [0.717, 1.165) is 0 Å². The van der Waals surface area contributed by atoms with E-state index in [2.05, 4.69) is 4.40 Å². The number of rotatable bonds is 6. The number of ether oxygens (including phenoxy) is 2. The summed E-state index contributed by atoms with van der Waals surface area (Å²) in [6, 6.07) is 6.84. The van der Waals surface area contributed by atoms with Crippen molar-refractivity contribution >= 4 is 27.6 Å². The highest BCUT2D eigenvalue weighted by atomic mass is 32.2. The van der Waals surface area contributed by atoms with Crippen LogP contribution >= 0.6 is 0 Å². The molecular formula is C18H18N2O6S. The molecule has 0 radical (unpaired) electrons. The number of fused-ring (bicyclic) bond motifs is 1. The van der Waals surface area contributed by atoms with Crippen LogP contribution in [0.4, 0.5) is 0 Å². The molecule has 0 amide bonds. The van der Waals surface area contributed by atoms with Gasteiger partial charge in [-0.05, 0) is 31.2 Å². The van der Waals surface area contributed by atoms with Gasteiger partial charge < -0.3 is 14.4 Å². The summed E-state index contributed by atoms with van der Waals surface area (Å²) in [5, 5.41) is 0. The minimum atomic E-state index is -3.44. The first-order chi connectivity index (χ1) is 12.9. The fraction of sp³-hybridized carbons (Fsp3) is 0.278. The van der Waals surface area contributed by atoms with Crippen molar-refractivity contribution in [3.63, 3.8) is 0 Å². The molecule has 8 nitrogen and oxygen atoms in total. The molecule has 2 heterocycles. The molecule has 0 N–H and O–H groups in total. The summed E-state index contributed by atoms with van der Waals surface area (Å²) >= 11 is 0. The van der Waals surface area contributed by atoms with Gasteiger partial charge in [0.25, 0.3) is 10.0 Å². The Kier molecular flexibility index (Phi) is 5.41. The average molecular weight is 390 g/mol. The predicted molar refractivity (Wildman–Crippen MR) is 98.1 cm³/mol. The molecular weight excluding hydrogens is 372 g/mol. The van der Waals surface area contributed by atoms with Gasteiger partial charge in [0.05, 0.1) is 16.9 Å². The van der Waals surface area contributed by atoms with E-state index in [1.54, 1.807) is 29.2 Å². The molecule has 9 heteroatoms. The van der Waals surface area contributed by atoms with E-state index in [9.17, 15) is 18.0 Å². The number of nitrogens with zero attached hydrogens (tertiary/aromatic N) is 2. The number of benzene rings is 1. The minimum absolute atomic E-state index is 0.00553. The molecule has 0 aromatic heterocycles. The third-order valence-electron chi connectivity index (χ3n) is 3.90. The minimum Gasteiger partial charge on any atom is -0.489 e. The van der Waals surface area contributed by atoms with Crippen LogP contribution in [0.5, 0.6) is 5.75 Å². The van der Waals surface area contributed by atoms with Gasteiger partial charge in [0.2, 0.25) is 0 Å². The summed E-state index contributed by atoms with van der Waals surface area (Å²) in [5.74, 6) is -0.0505. The first-order valence-electron chi connectivity index (χ1n) is 8.25. The molecule has 2 aliphatic rings. The molecule has 0 aliphatic carbocycles. The Bertz CT molecular complexity index is 962. The van der Waals surface area contributed by atoms with Gasteiger partial charge in [-0.2, -0.15) is 0 Å². The molecule has 0 spiro atoms. The Morgan fingerprint density at radius 3 is 2.74 bits per heavy atom. The number of carbonyl (C=O) groups excluding carboxylic acids is 2. The number of amidine groups is 1. The SMILES string of the molecule is CC(=O)c1ccccc1OCCOC(=O)C1=CN2CCS(=O)(=O)N=C2C=C1. The maximum Gasteiger partial charge on any atom is 0.339 e. The van der Waals surface area contributed by atoms with Crippen LogP contribution in [-0.2, 0) is 19.6 Å². The zero-order valence-corrected chi connectivity index (χ0v) is 15.4. The molecule has 0 atom stereocenters. The van der Waals surface area contributed by atoms with E-state index in [4.69, 9.17) is 9.47 Å². The third-order valence-corrected chi connectivity index (χ3v) is 5.06. The van der Waals surface area contributed by atoms with E-state index in [1.807, 2.05) is 0 Å². The van der Waals surface area contributed by atoms with Crippen molar-refractivity contribution in [1.82, 2.24) is 4.90 Å². The largest absolute Gasteiger partial charge is 0.489 e. The Labute approximate surface area is 156 Å². The van der Waals surface area contributed by atoms with Crippen LogP contribution in [0, 0.1) is 0 Å². The van der Waals surface area contributed by atoms with Crippen molar-refractivity contribution in [3.05, 3.63) is 53.8 Å². The van der Waals surface area contributed by atoms with Gasteiger partial charge >= 0.3 is 5.97 Å². The van der Waals surface area contributed by atoms with Gasteiger partial charge in [0, 0.05) is 12.7 Å². The topological polar surface area (TPSA) is 102 Å². The highest BCUT2D eigenvalue weighted by Gasteiger charge is 2.25.